The minimum Gasteiger partial charge on any atom is -0.744 e. The van der Waals surface area contributed by atoms with E-state index in [1.165, 1.54) is 18.2 Å². The Balaban J connectivity index is 0.00000242. The van der Waals surface area contributed by atoms with Crippen molar-refractivity contribution in [3.8, 4) is 5.75 Å². The molecule has 2 aromatic carbocycles. The molecular formula is C13H8Cl3NaO4S. The third-order valence-corrected chi connectivity index (χ3v) is 5.05. The van der Waals surface area contributed by atoms with Gasteiger partial charge in [-0.05, 0) is 23.3 Å². The van der Waals surface area contributed by atoms with E-state index in [4.69, 9.17) is 34.8 Å². The van der Waals surface area contributed by atoms with Crippen molar-refractivity contribution in [1.82, 2.24) is 0 Å². The first-order valence-electron chi connectivity index (χ1n) is 5.61. The molecule has 0 saturated carbocycles. The Morgan fingerprint density at radius 1 is 1.00 bits per heavy atom. The molecule has 112 valence electrons. The minimum absolute atomic E-state index is 0. The van der Waals surface area contributed by atoms with Crippen LogP contribution in [0.15, 0.2) is 35.2 Å². The minimum atomic E-state index is -4.75. The monoisotopic (exact) mass is 388 g/mol. The number of halogens is 3. The molecule has 0 radical (unpaired) electrons. The molecule has 0 spiro atoms. The quantitative estimate of drug-likeness (QED) is 0.480. The molecule has 2 rings (SSSR count). The van der Waals surface area contributed by atoms with Crippen LogP contribution in [0.25, 0.3) is 0 Å². The second-order valence-electron chi connectivity index (χ2n) is 4.23. The fraction of sp³-hybridized carbons (Fsp3) is 0.0769. The maximum atomic E-state index is 11.0. The van der Waals surface area contributed by atoms with Crippen LogP contribution in [0, 0.1) is 0 Å². The number of benzene rings is 2. The van der Waals surface area contributed by atoms with Crippen molar-refractivity contribution in [3.63, 3.8) is 0 Å². The summed E-state index contributed by atoms with van der Waals surface area (Å²) in [6, 6.07) is 7.04. The van der Waals surface area contributed by atoms with Gasteiger partial charge in [0.2, 0.25) is 0 Å². The zero-order chi connectivity index (χ0) is 15.8. The molecule has 0 saturated heterocycles. The Hall–Kier alpha value is 0.0200. The van der Waals surface area contributed by atoms with Crippen molar-refractivity contribution in [2.24, 2.45) is 0 Å². The molecule has 1 N–H and O–H groups in total. The van der Waals surface area contributed by atoms with Gasteiger partial charge in [0, 0.05) is 6.42 Å². The Morgan fingerprint density at radius 2 is 1.64 bits per heavy atom. The SMILES string of the molecule is O=S(=O)([O-])c1cccc(Cc2ccc(Cl)c(Cl)c2Cl)c1O.[Na+]. The molecule has 9 heteroatoms. The fourth-order valence-corrected chi connectivity index (χ4v) is 3.05. The smallest absolute Gasteiger partial charge is 0.744 e. The van der Waals surface area contributed by atoms with E-state index in [2.05, 4.69) is 0 Å². The summed E-state index contributed by atoms with van der Waals surface area (Å²) in [6.07, 6.45) is 0.102. The molecule has 0 aliphatic carbocycles. The standard InChI is InChI=1S/C13H9Cl3O4S.Na/c14-9-5-4-7(11(15)12(9)16)6-8-2-1-3-10(13(8)17)21(18,19)20;/h1-5,17H,6H2,(H,18,19,20);/q;+1/p-1. The number of para-hydroxylation sites is 1. The normalized spacial score (nSPS) is 11.1. The first-order valence-corrected chi connectivity index (χ1v) is 8.15. The molecule has 0 heterocycles. The molecule has 0 fully saturated rings. The number of rotatable bonds is 3. The summed E-state index contributed by atoms with van der Waals surface area (Å²) in [7, 11) is -4.75. The molecule has 0 amide bonds. The maximum absolute atomic E-state index is 11.0. The molecule has 0 aliphatic rings. The van der Waals surface area contributed by atoms with E-state index in [1.807, 2.05) is 0 Å². The predicted octanol–water partition coefficient (Wildman–Crippen LogP) is 0.851. The molecule has 0 atom stereocenters. The number of phenols is 1. The van der Waals surface area contributed by atoms with Gasteiger partial charge in [-0.1, -0.05) is 53.0 Å². The zero-order valence-electron chi connectivity index (χ0n) is 11.3. The topological polar surface area (TPSA) is 77.4 Å². The van der Waals surface area contributed by atoms with Crippen LogP contribution in [0.3, 0.4) is 0 Å². The zero-order valence-corrected chi connectivity index (χ0v) is 16.4. The van der Waals surface area contributed by atoms with E-state index in [0.717, 1.165) is 6.07 Å². The van der Waals surface area contributed by atoms with E-state index < -0.39 is 20.8 Å². The second-order valence-corrected chi connectivity index (χ2v) is 6.74. The largest absolute Gasteiger partial charge is 1.00 e. The maximum Gasteiger partial charge on any atom is 1.00 e. The summed E-state index contributed by atoms with van der Waals surface area (Å²) in [5, 5.41) is 10.6. The Bertz CT molecular complexity index is 809. The summed E-state index contributed by atoms with van der Waals surface area (Å²) in [6.45, 7) is 0. The van der Waals surface area contributed by atoms with Crippen LogP contribution in [0.1, 0.15) is 11.1 Å². The Labute approximate surface area is 165 Å². The van der Waals surface area contributed by atoms with Gasteiger partial charge in [0.1, 0.15) is 15.9 Å². The summed E-state index contributed by atoms with van der Waals surface area (Å²) >= 11 is 17.8. The average Bonchev–Trinajstić information content (AvgIpc) is 2.40. The van der Waals surface area contributed by atoms with Crippen LogP contribution in [0.5, 0.6) is 5.75 Å². The number of hydrogen-bond donors (Lipinski definition) is 1. The molecule has 0 bridgehead atoms. The summed E-state index contributed by atoms with van der Waals surface area (Å²) in [5.74, 6) is -0.588. The van der Waals surface area contributed by atoms with Crippen molar-refractivity contribution < 1.29 is 47.6 Å². The van der Waals surface area contributed by atoms with Gasteiger partial charge in [0.15, 0.2) is 0 Å². The third kappa shape index (κ3) is 4.30. The van der Waals surface area contributed by atoms with E-state index >= 15 is 0 Å². The van der Waals surface area contributed by atoms with Crippen molar-refractivity contribution in [1.29, 1.82) is 0 Å². The van der Waals surface area contributed by atoms with Gasteiger partial charge in [-0.3, -0.25) is 0 Å². The Kier molecular flexibility index (Phi) is 7.05. The van der Waals surface area contributed by atoms with E-state index in [9.17, 15) is 18.1 Å². The molecule has 0 aliphatic heterocycles. The molecule has 2 aromatic rings. The average molecular weight is 390 g/mol. The van der Waals surface area contributed by atoms with Crippen LogP contribution < -0.4 is 29.6 Å². The summed E-state index contributed by atoms with van der Waals surface area (Å²) in [4.78, 5) is -0.670. The van der Waals surface area contributed by atoms with Crippen molar-refractivity contribution in [2.75, 3.05) is 0 Å². The first kappa shape index (κ1) is 20.1. The van der Waals surface area contributed by atoms with Crippen molar-refractivity contribution >= 4 is 44.9 Å². The van der Waals surface area contributed by atoms with Gasteiger partial charge in [-0.15, -0.1) is 0 Å². The summed E-state index contributed by atoms with van der Waals surface area (Å²) in [5.41, 5.74) is 0.786. The first-order chi connectivity index (χ1) is 9.71. The molecule has 0 aromatic heterocycles. The van der Waals surface area contributed by atoms with E-state index in [-0.39, 0.29) is 56.6 Å². The molecular weight excluding hydrogens is 382 g/mol. The number of aromatic hydroxyl groups is 1. The van der Waals surface area contributed by atoms with Crippen LogP contribution in [0.2, 0.25) is 15.1 Å². The fourth-order valence-electron chi connectivity index (χ4n) is 1.82. The van der Waals surface area contributed by atoms with Gasteiger partial charge >= 0.3 is 29.6 Å². The number of phenolic OH excluding ortho intramolecular Hbond substituents is 1. The number of hydrogen-bond acceptors (Lipinski definition) is 4. The third-order valence-electron chi connectivity index (χ3n) is 2.85. The molecule has 0 unspecified atom stereocenters. The van der Waals surface area contributed by atoms with Crippen molar-refractivity contribution in [3.05, 3.63) is 56.5 Å². The van der Waals surface area contributed by atoms with Gasteiger partial charge < -0.3 is 9.66 Å². The summed E-state index contributed by atoms with van der Waals surface area (Å²) < 4.78 is 33.1. The van der Waals surface area contributed by atoms with Crippen molar-refractivity contribution in [2.45, 2.75) is 11.3 Å². The van der Waals surface area contributed by atoms with Gasteiger partial charge in [0.05, 0.1) is 20.0 Å². The predicted molar refractivity (Wildman–Crippen MR) is 80.3 cm³/mol. The molecule has 22 heavy (non-hydrogen) atoms. The van der Waals surface area contributed by atoms with Gasteiger partial charge in [0.25, 0.3) is 0 Å². The Morgan fingerprint density at radius 3 is 2.23 bits per heavy atom. The van der Waals surface area contributed by atoms with Crippen LogP contribution in [-0.4, -0.2) is 18.1 Å². The van der Waals surface area contributed by atoms with Gasteiger partial charge in [-0.2, -0.15) is 0 Å². The van der Waals surface area contributed by atoms with Crippen LogP contribution in [-0.2, 0) is 16.5 Å². The van der Waals surface area contributed by atoms with Crippen LogP contribution in [0.4, 0.5) is 0 Å². The van der Waals surface area contributed by atoms with E-state index in [1.54, 1.807) is 6.07 Å². The van der Waals surface area contributed by atoms with E-state index in [0.29, 0.717) is 5.56 Å². The second kappa shape index (κ2) is 7.73. The van der Waals surface area contributed by atoms with Crippen LogP contribution >= 0.6 is 34.8 Å². The van der Waals surface area contributed by atoms with Gasteiger partial charge in [-0.25, -0.2) is 8.42 Å². The molecule has 4 nitrogen and oxygen atoms in total.